The highest BCUT2D eigenvalue weighted by Crippen LogP contribution is 2.43. The van der Waals surface area contributed by atoms with Crippen molar-refractivity contribution >= 4 is 17.3 Å². The van der Waals surface area contributed by atoms with E-state index >= 15 is 0 Å². The van der Waals surface area contributed by atoms with Gasteiger partial charge in [-0.1, -0.05) is 54.6 Å². The third-order valence-corrected chi connectivity index (χ3v) is 6.26. The lowest BCUT2D eigenvalue weighted by Gasteiger charge is -2.43. The van der Waals surface area contributed by atoms with Gasteiger partial charge in [0.25, 0.3) is 0 Å². The molecular weight excluding hydrogens is 438 g/mol. The first kappa shape index (κ1) is 22.7. The van der Waals surface area contributed by atoms with Crippen LogP contribution in [0.3, 0.4) is 0 Å². The Bertz CT molecular complexity index is 1420. The summed E-state index contributed by atoms with van der Waals surface area (Å²) in [6.07, 6.45) is 9.50. The molecule has 1 aliphatic carbocycles. The molecular formula is C29H27N3O3. The van der Waals surface area contributed by atoms with Crippen LogP contribution in [0, 0.1) is 12.3 Å². The summed E-state index contributed by atoms with van der Waals surface area (Å²) >= 11 is 0. The Morgan fingerprint density at radius 2 is 1.80 bits per heavy atom. The van der Waals surface area contributed by atoms with Crippen molar-refractivity contribution < 1.29 is 13.9 Å². The maximum Gasteiger partial charge on any atom is 0.408 e. The van der Waals surface area contributed by atoms with E-state index in [1.807, 2.05) is 75.4 Å². The standard InChI is InChI=1S/C29H27N3O3/c1-5-22-18-30-26-24(31-22)23(19-10-7-6-8-11-19)25(34-26)20-12-14-21(15-13-20)29(16-9-17-29)32-27(33)35-28(2,3)4/h1,6-8,10-15,18H,9,16-17H2,2-4H3,(H,32,33). The number of terminal acetylenes is 1. The molecule has 6 nitrogen and oxygen atoms in total. The van der Waals surface area contributed by atoms with Crippen LogP contribution in [0.1, 0.15) is 51.3 Å². The SMILES string of the molecule is C#Cc1cnc2oc(-c3ccc(C4(NC(=O)OC(C)(C)C)CCC4)cc3)c(-c3ccccc3)c2n1. The maximum atomic E-state index is 12.5. The fourth-order valence-electron chi connectivity index (χ4n) is 4.47. The van der Waals surface area contributed by atoms with Gasteiger partial charge in [-0.15, -0.1) is 6.42 Å². The zero-order chi connectivity index (χ0) is 24.6. The number of alkyl carbamates (subject to hydrolysis) is 1. The Morgan fingerprint density at radius 1 is 1.09 bits per heavy atom. The van der Waals surface area contributed by atoms with Gasteiger partial charge in [0, 0.05) is 5.56 Å². The smallest absolute Gasteiger partial charge is 0.408 e. The highest BCUT2D eigenvalue weighted by atomic mass is 16.6. The Balaban J connectivity index is 1.53. The van der Waals surface area contributed by atoms with Gasteiger partial charge in [0.1, 0.15) is 22.6 Å². The molecule has 0 aliphatic heterocycles. The number of aromatic nitrogens is 2. The van der Waals surface area contributed by atoms with Crippen molar-refractivity contribution in [3.63, 3.8) is 0 Å². The number of furan rings is 1. The second-order valence-corrected chi connectivity index (χ2v) is 9.87. The number of carbonyl (C=O) groups excluding carboxylic acids is 1. The van der Waals surface area contributed by atoms with E-state index in [1.54, 1.807) is 0 Å². The van der Waals surface area contributed by atoms with Crippen LogP contribution >= 0.6 is 0 Å². The second kappa shape index (κ2) is 8.59. The van der Waals surface area contributed by atoms with E-state index in [9.17, 15) is 4.79 Å². The summed E-state index contributed by atoms with van der Waals surface area (Å²) in [6, 6.07) is 18.1. The number of hydrogen-bond donors (Lipinski definition) is 1. The van der Waals surface area contributed by atoms with Crippen LogP contribution in [0.2, 0.25) is 0 Å². The van der Waals surface area contributed by atoms with E-state index in [0.29, 0.717) is 22.7 Å². The highest BCUT2D eigenvalue weighted by molar-refractivity contribution is 5.98. The molecule has 2 aromatic heterocycles. The third kappa shape index (κ3) is 4.38. The summed E-state index contributed by atoms with van der Waals surface area (Å²) in [5.74, 6) is 3.23. The lowest BCUT2D eigenvalue weighted by atomic mass is 9.71. The molecule has 1 aliphatic rings. The molecule has 1 saturated carbocycles. The molecule has 4 aromatic rings. The molecule has 2 aromatic carbocycles. The average Bonchev–Trinajstić information content (AvgIpc) is 3.19. The second-order valence-electron chi connectivity index (χ2n) is 9.87. The number of rotatable bonds is 4. The Hall–Kier alpha value is -4.11. The van der Waals surface area contributed by atoms with Crippen LogP contribution < -0.4 is 5.32 Å². The van der Waals surface area contributed by atoms with Gasteiger partial charge in [-0.2, -0.15) is 0 Å². The van der Waals surface area contributed by atoms with Crippen LogP contribution in [-0.4, -0.2) is 21.7 Å². The number of hydrogen-bond acceptors (Lipinski definition) is 5. The van der Waals surface area contributed by atoms with Gasteiger partial charge < -0.3 is 14.5 Å². The minimum atomic E-state index is -0.546. The number of fused-ring (bicyclic) bond motifs is 1. The molecule has 0 radical (unpaired) electrons. The van der Waals surface area contributed by atoms with E-state index in [4.69, 9.17) is 15.6 Å². The molecule has 0 spiro atoms. The van der Waals surface area contributed by atoms with E-state index < -0.39 is 17.2 Å². The van der Waals surface area contributed by atoms with Crippen molar-refractivity contribution in [3.8, 4) is 34.8 Å². The summed E-state index contributed by atoms with van der Waals surface area (Å²) in [7, 11) is 0. The third-order valence-electron chi connectivity index (χ3n) is 6.26. The molecule has 2 heterocycles. The average molecular weight is 466 g/mol. The number of benzene rings is 2. The molecule has 0 unspecified atom stereocenters. The van der Waals surface area contributed by atoms with Crippen LogP contribution in [0.25, 0.3) is 33.7 Å². The fourth-order valence-corrected chi connectivity index (χ4v) is 4.47. The van der Waals surface area contributed by atoms with Crippen molar-refractivity contribution in [2.75, 3.05) is 0 Å². The van der Waals surface area contributed by atoms with E-state index in [-0.39, 0.29) is 0 Å². The molecule has 0 atom stereocenters. The molecule has 1 fully saturated rings. The first-order valence-electron chi connectivity index (χ1n) is 11.7. The lowest BCUT2D eigenvalue weighted by molar-refractivity contribution is 0.0377. The predicted molar refractivity (Wildman–Crippen MR) is 136 cm³/mol. The summed E-state index contributed by atoms with van der Waals surface area (Å²) in [6.45, 7) is 5.59. The Morgan fingerprint density at radius 3 is 2.40 bits per heavy atom. The zero-order valence-electron chi connectivity index (χ0n) is 20.1. The van der Waals surface area contributed by atoms with Crippen molar-refractivity contribution in [3.05, 3.63) is 72.1 Å². The summed E-state index contributed by atoms with van der Waals surface area (Å²) < 4.78 is 11.7. The van der Waals surface area contributed by atoms with Crippen LogP contribution in [0.15, 0.2) is 65.2 Å². The first-order chi connectivity index (χ1) is 16.8. The lowest BCUT2D eigenvalue weighted by Crippen LogP contribution is -2.52. The van der Waals surface area contributed by atoms with Crippen LogP contribution in [-0.2, 0) is 10.3 Å². The quantitative estimate of drug-likeness (QED) is 0.351. The number of ether oxygens (including phenoxy) is 1. The number of carbonyl (C=O) groups is 1. The van der Waals surface area contributed by atoms with Gasteiger partial charge in [0.2, 0.25) is 5.71 Å². The summed E-state index contributed by atoms with van der Waals surface area (Å²) in [5, 5.41) is 3.11. The number of nitrogens with zero attached hydrogens (tertiary/aromatic N) is 2. The molecule has 176 valence electrons. The largest absolute Gasteiger partial charge is 0.444 e. The van der Waals surface area contributed by atoms with Gasteiger partial charge in [-0.05, 0) is 57.1 Å². The Labute approximate surface area is 204 Å². The molecule has 6 heteroatoms. The van der Waals surface area contributed by atoms with E-state index in [2.05, 4.69) is 21.2 Å². The van der Waals surface area contributed by atoms with Crippen molar-refractivity contribution in [2.24, 2.45) is 0 Å². The predicted octanol–water partition coefficient (Wildman–Crippen LogP) is 6.44. The minimum absolute atomic E-state index is 0.397. The van der Waals surface area contributed by atoms with Crippen LogP contribution in [0.4, 0.5) is 4.79 Å². The molecule has 5 rings (SSSR count). The summed E-state index contributed by atoms with van der Waals surface area (Å²) in [4.78, 5) is 21.5. The van der Waals surface area contributed by atoms with Crippen molar-refractivity contribution in [2.45, 2.75) is 51.2 Å². The first-order valence-corrected chi connectivity index (χ1v) is 11.7. The van der Waals surface area contributed by atoms with Gasteiger partial charge in [-0.25, -0.2) is 14.8 Å². The van der Waals surface area contributed by atoms with Crippen LogP contribution in [0.5, 0.6) is 0 Å². The monoisotopic (exact) mass is 465 g/mol. The van der Waals surface area contributed by atoms with E-state index in [1.165, 1.54) is 6.20 Å². The minimum Gasteiger partial charge on any atom is -0.444 e. The molecule has 0 saturated heterocycles. The van der Waals surface area contributed by atoms with Gasteiger partial charge in [-0.3, -0.25) is 0 Å². The molecule has 1 amide bonds. The molecule has 1 N–H and O–H groups in total. The van der Waals surface area contributed by atoms with Gasteiger partial charge in [0.15, 0.2) is 0 Å². The normalized spacial score (nSPS) is 14.7. The topological polar surface area (TPSA) is 77.2 Å². The molecule has 0 bridgehead atoms. The number of amides is 1. The van der Waals surface area contributed by atoms with Gasteiger partial charge in [0.05, 0.1) is 17.3 Å². The fraction of sp³-hybridized carbons (Fsp3) is 0.276. The zero-order valence-corrected chi connectivity index (χ0v) is 20.1. The summed E-state index contributed by atoms with van der Waals surface area (Å²) in [5.41, 5.74) is 4.31. The van der Waals surface area contributed by atoms with Crippen molar-refractivity contribution in [1.29, 1.82) is 0 Å². The van der Waals surface area contributed by atoms with Gasteiger partial charge >= 0.3 is 6.09 Å². The van der Waals surface area contributed by atoms with Crippen molar-refractivity contribution in [1.82, 2.24) is 15.3 Å². The maximum absolute atomic E-state index is 12.5. The molecule has 35 heavy (non-hydrogen) atoms. The highest BCUT2D eigenvalue weighted by Gasteiger charge is 2.41. The Kier molecular flexibility index (Phi) is 5.56. The van der Waals surface area contributed by atoms with E-state index in [0.717, 1.165) is 41.5 Å². The number of nitrogens with one attached hydrogen (secondary N) is 1.